The van der Waals surface area contributed by atoms with Crippen LogP contribution in [0.5, 0.6) is 5.75 Å². The van der Waals surface area contributed by atoms with Crippen LogP contribution in [0, 0.1) is 0 Å². The molecule has 0 atom stereocenters. The van der Waals surface area contributed by atoms with E-state index in [1.54, 1.807) is 7.11 Å². The molecule has 0 unspecified atom stereocenters. The van der Waals surface area contributed by atoms with E-state index in [1.807, 2.05) is 12.1 Å². The molecule has 0 bridgehead atoms. The summed E-state index contributed by atoms with van der Waals surface area (Å²) in [4.78, 5) is 2.60. The molecule has 0 radical (unpaired) electrons. The van der Waals surface area contributed by atoms with Gasteiger partial charge in [-0.2, -0.15) is 0 Å². The highest BCUT2D eigenvalue weighted by molar-refractivity contribution is 5.33. The van der Waals surface area contributed by atoms with Gasteiger partial charge in [0.25, 0.3) is 0 Å². The van der Waals surface area contributed by atoms with Gasteiger partial charge in [0.1, 0.15) is 5.75 Å². The van der Waals surface area contributed by atoms with Gasteiger partial charge in [-0.3, -0.25) is 4.90 Å². The Morgan fingerprint density at radius 3 is 2.89 bits per heavy atom. The van der Waals surface area contributed by atoms with Crippen molar-refractivity contribution in [1.29, 1.82) is 0 Å². The molecule has 1 saturated heterocycles. The second-order valence-electron chi connectivity index (χ2n) is 5.36. The molecular weight excluding hydrogens is 226 g/mol. The molecule has 98 valence electrons. The Morgan fingerprint density at radius 2 is 2.17 bits per heavy atom. The minimum absolute atomic E-state index is 0.319. The first-order valence-corrected chi connectivity index (χ1v) is 6.79. The van der Waals surface area contributed by atoms with Crippen molar-refractivity contribution in [1.82, 2.24) is 4.90 Å². The van der Waals surface area contributed by atoms with E-state index in [0.29, 0.717) is 5.54 Å². The van der Waals surface area contributed by atoms with Gasteiger partial charge < -0.3 is 9.47 Å². The van der Waals surface area contributed by atoms with Crippen molar-refractivity contribution in [3.8, 4) is 5.75 Å². The maximum absolute atomic E-state index is 5.68. The molecule has 3 heteroatoms. The number of methoxy groups -OCH3 is 1. The van der Waals surface area contributed by atoms with E-state index >= 15 is 0 Å². The maximum atomic E-state index is 5.68. The van der Waals surface area contributed by atoms with E-state index < -0.39 is 0 Å². The third-order valence-corrected chi connectivity index (χ3v) is 4.39. The fraction of sp³-hybridized carbons (Fsp3) is 0.600. The summed E-state index contributed by atoms with van der Waals surface area (Å²) in [7, 11) is 1.75. The minimum atomic E-state index is 0.319. The first-order valence-electron chi connectivity index (χ1n) is 6.79. The second-order valence-corrected chi connectivity index (χ2v) is 5.36. The summed E-state index contributed by atoms with van der Waals surface area (Å²) in [6.45, 7) is 3.78. The standard InChI is InChI=1S/C15H21NO2/c1-17-14-6-3-2-5-13(14)11-16-9-10-18-12-15(16)7-4-8-15/h2-3,5-6H,4,7-12H2,1H3. The van der Waals surface area contributed by atoms with Crippen LogP contribution in [0.25, 0.3) is 0 Å². The number of ether oxygens (including phenoxy) is 2. The highest BCUT2D eigenvalue weighted by Crippen LogP contribution is 2.40. The molecule has 1 saturated carbocycles. The molecule has 0 amide bonds. The van der Waals surface area contributed by atoms with E-state index in [9.17, 15) is 0 Å². The zero-order valence-corrected chi connectivity index (χ0v) is 11.0. The number of hydrogen-bond donors (Lipinski definition) is 0. The number of morpholine rings is 1. The monoisotopic (exact) mass is 247 g/mol. The van der Waals surface area contributed by atoms with Crippen LogP contribution in [0.2, 0.25) is 0 Å². The average molecular weight is 247 g/mol. The average Bonchev–Trinajstić information content (AvgIpc) is 2.38. The van der Waals surface area contributed by atoms with Crippen LogP contribution in [0.15, 0.2) is 24.3 Å². The Hall–Kier alpha value is -1.06. The molecule has 1 aliphatic heterocycles. The molecule has 2 fully saturated rings. The van der Waals surface area contributed by atoms with Crippen LogP contribution < -0.4 is 4.74 Å². The first kappa shape index (κ1) is 12.0. The van der Waals surface area contributed by atoms with E-state index in [2.05, 4.69) is 17.0 Å². The third kappa shape index (κ3) is 2.02. The number of benzene rings is 1. The van der Waals surface area contributed by atoms with E-state index in [0.717, 1.165) is 32.1 Å². The van der Waals surface area contributed by atoms with E-state index in [4.69, 9.17) is 9.47 Å². The Kier molecular flexibility index (Phi) is 3.27. The Balaban J connectivity index is 1.78. The van der Waals surface area contributed by atoms with E-state index in [1.165, 1.54) is 24.8 Å². The fourth-order valence-corrected chi connectivity index (χ4v) is 3.10. The minimum Gasteiger partial charge on any atom is -0.496 e. The van der Waals surface area contributed by atoms with E-state index in [-0.39, 0.29) is 0 Å². The predicted octanol–water partition coefficient (Wildman–Crippen LogP) is 2.45. The van der Waals surface area contributed by atoms with Crippen LogP contribution in [-0.4, -0.2) is 37.3 Å². The third-order valence-electron chi connectivity index (χ3n) is 4.39. The number of nitrogens with zero attached hydrogens (tertiary/aromatic N) is 1. The molecule has 2 aliphatic rings. The largest absolute Gasteiger partial charge is 0.496 e. The summed E-state index contributed by atoms with van der Waals surface area (Å²) >= 11 is 0. The summed E-state index contributed by atoms with van der Waals surface area (Å²) in [5, 5.41) is 0. The lowest BCUT2D eigenvalue weighted by molar-refractivity contribution is -0.111. The summed E-state index contributed by atoms with van der Waals surface area (Å²) in [6, 6.07) is 8.33. The van der Waals surface area contributed by atoms with Gasteiger partial charge in [0.05, 0.1) is 20.3 Å². The van der Waals surface area contributed by atoms with Gasteiger partial charge in [0.2, 0.25) is 0 Å². The van der Waals surface area contributed by atoms with Gasteiger partial charge in [-0.15, -0.1) is 0 Å². The van der Waals surface area contributed by atoms with Gasteiger partial charge in [-0.1, -0.05) is 18.2 Å². The van der Waals surface area contributed by atoms with Gasteiger partial charge in [-0.05, 0) is 25.3 Å². The molecule has 1 aromatic rings. The number of para-hydroxylation sites is 1. The summed E-state index contributed by atoms with van der Waals surface area (Å²) in [6.07, 6.45) is 3.90. The molecule has 1 aromatic carbocycles. The van der Waals surface area contributed by atoms with Crippen molar-refractivity contribution >= 4 is 0 Å². The first-order chi connectivity index (χ1) is 8.84. The van der Waals surface area contributed by atoms with Crippen molar-refractivity contribution in [3.63, 3.8) is 0 Å². The topological polar surface area (TPSA) is 21.7 Å². The van der Waals surface area contributed by atoms with Crippen LogP contribution in [0.1, 0.15) is 24.8 Å². The molecule has 18 heavy (non-hydrogen) atoms. The lowest BCUT2D eigenvalue weighted by Crippen LogP contribution is -2.60. The van der Waals surface area contributed by atoms with Crippen LogP contribution in [0.4, 0.5) is 0 Å². The molecule has 1 aliphatic carbocycles. The molecule has 1 spiro atoms. The van der Waals surface area contributed by atoms with Gasteiger partial charge in [-0.25, -0.2) is 0 Å². The summed E-state index contributed by atoms with van der Waals surface area (Å²) in [5.41, 5.74) is 1.60. The second kappa shape index (κ2) is 4.90. The van der Waals surface area contributed by atoms with Gasteiger partial charge >= 0.3 is 0 Å². The zero-order chi connectivity index (χ0) is 12.4. The Bertz CT molecular complexity index is 415. The van der Waals surface area contributed by atoms with Gasteiger partial charge in [0, 0.05) is 24.2 Å². The van der Waals surface area contributed by atoms with Crippen molar-refractivity contribution in [2.24, 2.45) is 0 Å². The smallest absolute Gasteiger partial charge is 0.123 e. The highest BCUT2D eigenvalue weighted by atomic mass is 16.5. The quantitative estimate of drug-likeness (QED) is 0.819. The van der Waals surface area contributed by atoms with Crippen molar-refractivity contribution in [3.05, 3.63) is 29.8 Å². The number of rotatable bonds is 3. The van der Waals surface area contributed by atoms with Crippen LogP contribution in [0.3, 0.4) is 0 Å². The molecular formula is C15H21NO2. The van der Waals surface area contributed by atoms with Crippen molar-refractivity contribution in [2.75, 3.05) is 26.9 Å². The molecule has 3 nitrogen and oxygen atoms in total. The summed E-state index contributed by atoms with van der Waals surface area (Å²) in [5.74, 6) is 0.999. The van der Waals surface area contributed by atoms with Crippen molar-refractivity contribution in [2.45, 2.75) is 31.3 Å². The highest BCUT2D eigenvalue weighted by Gasteiger charge is 2.44. The maximum Gasteiger partial charge on any atom is 0.123 e. The lowest BCUT2D eigenvalue weighted by Gasteiger charge is -2.52. The predicted molar refractivity (Wildman–Crippen MR) is 70.8 cm³/mol. The molecule has 0 N–H and O–H groups in total. The number of hydrogen-bond acceptors (Lipinski definition) is 3. The fourth-order valence-electron chi connectivity index (χ4n) is 3.10. The lowest BCUT2D eigenvalue weighted by atomic mass is 9.75. The Morgan fingerprint density at radius 1 is 1.33 bits per heavy atom. The Labute approximate surface area is 109 Å². The normalized spacial score (nSPS) is 22.7. The zero-order valence-electron chi connectivity index (χ0n) is 11.0. The summed E-state index contributed by atoms with van der Waals surface area (Å²) < 4.78 is 11.1. The van der Waals surface area contributed by atoms with Gasteiger partial charge in [0.15, 0.2) is 0 Å². The molecule has 3 rings (SSSR count). The van der Waals surface area contributed by atoms with Crippen LogP contribution in [-0.2, 0) is 11.3 Å². The molecule has 0 aromatic heterocycles. The SMILES string of the molecule is COc1ccccc1CN1CCOCC12CCC2. The van der Waals surface area contributed by atoms with Crippen molar-refractivity contribution < 1.29 is 9.47 Å². The van der Waals surface area contributed by atoms with Crippen LogP contribution >= 0.6 is 0 Å². The molecule has 1 heterocycles.